The van der Waals surface area contributed by atoms with E-state index >= 15 is 0 Å². The molecule has 0 aromatic carbocycles. The van der Waals surface area contributed by atoms with E-state index in [1.54, 1.807) is 22.7 Å². The number of thiophene rings is 2. The Labute approximate surface area is 135 Å². The van der Waals surface area contributed by atoms with Crippen LogP contribution in [-0.2, 0) is 0 Å². The summed E-state index contributed by atoms with van der Waals surface area (Å²) >= 11 is 11.4. The van der Waals surface area contributed by atoms with E-state index in [0.717, 1.165) is 0 Å². The van der Waals surface area contributed by atoms with Crippen LogP contribution in [0.25, 0.3) is 0 Å². The van der Waals surface area contributed by atoms with Gasteiger partial charge < -0.3 is 6.15 Å². The van der Waals surface area contributed by atoms with E-state index < -0.39 is 0 Å². The van der Waals surface area contributed by atoms with Crippen molar-refractivity contribution in [2.24, 2.45) is 0 Å². The summed E-state index contributed by atoms with van der Waals surface area (Å²) in [4.78, 5) is 0. The van der Waals surface area contributed by atoms with Crippen LogP contribution in [0.4, 0.5) is 0 Å². The van der Waals surface area contributed by atoms with Crippen molar-refractivity contribution < 1.29 is 0 Å². The normalized spacial score (nSPS) is 7.93. The molecule has 0 aliphatic heterocycles. The van der Waals surface area contributed by atoms with Crippen LogP contribution in [0, 0.1) is 7.14 Å². The van der Waals surface area contributed by atoms with Gasteiger partial charge in [-0.15, -0.1) is 11.3 Å². The van der Waals surface area contributed by atoms with Gasteiger partial charge in [-0.1, -0.05) is 7.43 Å². The molecule has 0 amide bonds. The fourth-order valence-corrected chi connectivity index (χ4v) is 3.66. The van der Waals surface area contributed by atoms with Crippen molar-refractivity contribution in [3.63, 3.8) is 0 Å². The number of rotatable bonds is 0. The second-order valence-electron chi connectivity index (χ2n) is 1.98. The molecule has 0 unspecified atom stereocenters. The first kappa shape index (κ1) is 18.7. The first-order valence-electron chi connectivity index (χ1n) is 3.26. The van der Waals surface area contributed by atoms with Gasteiger partial charge in [0.05, 0.1) is 3.79 Å². The third kappa shape index (κ3) is 8.08. The summed E-state index contributed by atoms with van der Waals surface area (Å²) in [6.07, 6.45) is 0. The van der Waals surface area contributed by atoms with Gasteiger partial charge in [0.25, 0.3) is 0 Å². The van der Waals surface area contributed by atoms with Crippen molar-refractivity contribution >= 4 is 83.8 Å². The summed E-state index contributed by atoms with van der Waals surface area (Å²) in [5, 5.41) is 6.24. The lowest BCUT2D eigenvalue weighted by atomic mass is 10.7. The lowest BCUT2D eigenvalue weighted by molar-refractivity contribution is 1.84. The van der Waals surface area contributed by atoms with Crippen molar-refractivity contribution in [2.45, 2.75) is 7.43 Å². The van der Waals surface area contributed by atoms with E-state index in [1.807, 2.05) is 0 Å². The van der Waals surface area contributed by atoms with Crippen molar-refractivity contribution in [2.75, 3.05) is 0 Å². The van der Waals surface area contributed by atoms with E-state index in [-0.39, 0.29) is 13.6 Å². The van der Waals surface area contributed by atoms with Gasteiger partial charge in [-0.2, -0.15) is 11.3 Å². The Balaban J connectivity index is 0. The zero-order valence-electron chi connectivity index (χ0n) is 7.04. The van der Waals surface area contributed by atoms with Gasteiger partial charge in [-0.25, -0.2) is 0 Å². The maximum atomic E-state index is 3.38. The molecule has 3 N–H and O–H groups in total. The van der Waals surface area contributed by atoms with Crippen LogP contribution in [0.2, 0.25) is 0 Å². The fraction of sp³-hybridized carbons (Fsp3) is 0.111. The van der Waals surface area contributed by atoms with Crippen molar-refractivity contribution in [3.8, 4) is 0 Å². The number of hydrogen-bond acceptors (Lipinski definition) is 3. The van der Waals surface area contributed by atoms with Crippen molar-refractivity contribution in [1.29, 1.82) is 0 Å². The predicted octanol–water partition coefficient (Wildman–Crippen LogP) is 6.27. The quantitative estimate of drug-likeness (QED) is 0.400. The maximum absolute atomic E-state index is 3.38. The lowest BCUT2D eigenvalue weighted by Crippen LogP contribution is -1.52. The first-order chi connectivity index (χ1) is 6.20. The second kappa shape index (κ2) is 10.5. The molecule has 1 nitrogen and oxygen atoms in total. The zero-order chi connectivity index (χ0) is 9.68. The van der Waals surface area contributed by atoms with Crippen LogP contribution in [0.5, 0.6) is 0 Å². The summed E-state index contributed by atoms with van der Waals surface area (Å²) in [5.74, 6) is 0. The van der Waals surface area contributed by atoms with E-state index in [9.17, 15) is 0 Å². The average Bonchev–Trinajstić information content (AvgIpc) is 2.67. The summed E-state index contributed by atoms with van der Waals surface area (Å²) in [7, 11) is 0. The molecule has 0 radical (unpaired) electrons. The SMILES string of the molecule is Brc1sccc1I.C.Ic1ccsc1.N. The molecule has 2 aromatic rings. The highest BCUT2D eigenvalue weighted by atomic mass is 127. The Bertz CT molecular complexity index is 332. The van der Waals surface area contributed by atoms with Gasteiger partial charge in [0.1, 0.15) is 0 Å². The minimum atomic E-state index is 0. The molecule has 2 rings (SSSR count). The summed E-state index contributed by atoms with van der Waals surface area (Å²) in [6.45, 7) is 0. The Kier molecular flexibility index (Phi) is 13.0. The van der Waals surface area contributed by atoms with Gasteiger partial charge in [0.15, 0.2) is 0 Å². The summed E-state index contributed by atoms with van der Waals surface area (Å²) in [6, 6.07) is 4.17. The van der Waals surface area contributed by atoms with Crippen LogP contribution < -0.4 is 6.15 Å². The predicted molar refractivity (Wildman–Crippen MR) is 93.5 cm³/mol. The topological polar surface area (TPSA) is 35.0 Å². The van der Waals surface area contributed by atoms with E-state index in [1.165, 1.54) is 10.9 Å². The molecule has 0 aliphatic rings. The zero-order valence-corrected chi connectivity index (χ0v) is 14.6. The van der Waals surface area contributed by atoms with E-state index in [4.69, 9.17) is 0 Å². The van der Waals surface area contributed by atoms with Gasteiger partial charge in [-0.05, 0) is 84.0 Å². The number of halogens is 3. The molecule has 15 heavy (non-hydrogen) atoms. The molecule has 6 heteroatoms. The van der Waals surface area contributed by atoms with Crippen LogP contribution in [0.1, 0.15) is 7.43 Å². The maximum Gasteiger partial charge on any atom is 0.0831 e. The molecular weight excluding hydrogens is 520 g/mol. The smallest absolute Gasteiger partial charge is 0.0831 e. The molecule has 86 valence electrons. The molecular formula is C9H12BrI2NS2. The average molecular weight is 532 g/mol. The first-order valence-corrected chi connectivity index (χ1v) is 8.03. The summed E-state index contributed by atoms with van der Waals surface area (Å²) in [5.41, 5.74) is 0. The monoisotopic (exact) mass is 531 g/mol. The third-order valence-corrected chi connectivity index (χ3v) is 6.53. The molecule has 2 heterocycles. The summed E-state index contributed by atoms with van der Waals surface area (Å²) < 4.78 is 3.85. The number of hydrogen-bond donors (Lipinski definition) is 1. The highest BCUT2D eigenvalue weighted by Gasteiger charge is 1.91. The van der Waals surface area contributed by atoms with E-state index in [2.05, 4.69) is 89.4 Å². The van der Waals surface area contributed by atoms with Gasteiger partial charge in [0.2, 0.25) is 0 Å². The van der Waals surface area contributed by atoms with Gasteiger partial charge in [0, 0.05) is 12.5 Å². The molecule has 0 bridgehead atoms. The standard InChI is InChI=1S/C4H2BrIS.C4H3IS.CH4.H3N/c5-4-3(6)1-2-7-4;5-4-1-2-6-3-4;;/h1-2H;1-3H;1H4;1H3. The van der Waals surface area contributed by atoms with Crippen LogP contribution in [0.15, 0.2) is 32.1 Å². The van der Waals surface area contributed by atoms with Crippen LogP contribution >= 0.6 is 83.8 Å². The molecule has 0 aliphatic carbocycles. The minimum absolute atomic E-state index is 0. The van der Waals surface area contributed by atoms with Gasteiger partial charge >= 0.3 is 0 Å². The Morgan fingerprint density at radius 1 is 1.13 bits per heavy atom. The minimum Gasteiger partial charge on any atom is -0.344 e. The molecule has 0 fully saturated rings. The molecule has 0 atom stereocenters. The van der Waals surface area contributed by atoms with Crippen LogP contribution in [0.3, 0.4) is 0 Å². The second-order valence-corrected chi connectivity index (χ2v) is 7.41. The Morgan fingerprint density at radius 2 is 1.80 bits per heavy atom. The molecule has 0 spiro atoms. The van der Waals surface area contributed by atoms with Crippen molar-refractivity contribution in [3.05, 3.63) is 39.2 Å². The van der Waals surface area contributed by atoms with E-state index in [0.29, 0.717) is 0 Å². The highest BCUT2D eigenvalue weighted by molar-refractivity contribution is 14.1. The largest absolute Gasteiger partial charge is 0.344 e. The highest BCUT2D eigenvalue weighted by Crippen LogP contribution is 2.24. The molecule has 0 saturated heterocycles. The third-order valence-electron chi connectivity index (χ3n) is 1.06. The van der Waals surface area contributed by atoms with Gasteiger partial charge in [-0.3, -0.25) is 0 Å². The van der Waals surface area contributed by atoms with Crippen LogP contribution in [-0.4, -0.2) is 0 Å². The molecule has 2 aromatic heterocycles. The Hall–Kier alpha value is 1.30. The fourth-order valence-electron chi connectivity index (χ4n) is 0.523. The molecule has 0 saturated carbocycles. The Morgan fingerprint density at radius 3 is 1.93 bits per heavy atom. The van der Waals surface area contributed by atoms with Crippen molar-refractivity contribution in [1.82, 2.24) is 6.15 Å². The lowest BCUT2D eigenvalue weighted by Gasteiger charge is -1.74.